The zero-order chi connectivity index (χ0) is 29.4. The molecule has 0 saturated carbocycles. The molecule has 0 aromatic carbocycles. The van der Waals surface area contributed by atoms with Crippen molar-refractivity contribution in [3.8, 4) is 0 Å². The lowest BCUT2D eigenvalue weighted by Gasteiger charge is -2.06. The van der Waals surface area contributed by atoms with Crippen LogP contribution in [0, 0.1) is 0 Å². The average Bonchev–Trinajstić information content (AvgIpc) is 2.92. The van der Waals surface area contributed by atoms with E-state index >= 15 is 0 Å². The first-order chi connectivity index (χ1) is 19.6. The van der Waals surface area contributed by atoms with Crippen LogP contribution < -0.4 is 0 Å². The Bertz CT molecular complexity index is 742. The summed E-state index contributed by atoms with van der Waals surface area (Å²) < 4.78 is 0. The molecule has 0 aromatic rings. The van der Waals surface area contributed by atoms with E-state index in [1.165, 1.54) is 51.4 Å². The van der Waals surface area contributed by atoms with Crippen LogP contribution in [-0.4, -0.2) is 22.2 Å². The van der Waals surface area contributed by atoms with E-state index in [-0.39, 0.29) is 0 Å². The number of rotatable bonds is 29. The molecule has 0 saturated heterocycles. The predicted octanol–water partition coefficient (Wildman–Crippen LogP) is 11.3. The second kappa shape index (κ2) is 31.2. The standard InChI is InChI=1S/C36H60O4/c1-2-3-4-5-15-19-24-29-34(31-26-21-18-23-28-33-36(39)40)30-25-20-16-13-11-9-7-6-8-10-12-14-17-22-27-32-35(37)38/h6,8-9,11,15-16,19-20,29H,2-5,7,10,12-14,17-18,21-28,30-33H2,1H3,(H,37,38)(H,39,40)/b8-6-,11-9+,19-15-,20-16-,34-29-. The summed E-state index contributed by atoms with van der Waals surface area (Å²) in [6, 6.07) is 0. The highest BCUT2D eigenvalue weighted by atomic mass is 16.4. The smallest absolute Gasteiger partial charge is 0.303 e. The highest BCUT2D eigenvalue weighted by Crippen LogP contribution is 2.18. The third-order valence-corrected chi connectivity index (χ3v) is 7.01. The summed E-state index contributed by atoms with van der Waals surface area (Å²) in [5.41, 5.74) is 1.56. The number of carboxylic acids is 2. The van der Waals surface area contributed by atoms with Gasteiger partial charge in [-0.25, -0.2) is 0 Å². The van der Waals surface area contributed by atoms with Gasteiger partial charge in [-0.3, -0.25) is 9.59 Å². The Morgan fingerprint density at radius 2 is 0.875 bits per heavy atom. The number of unbranched alkanes of at least 4 members (excludes halogenated alkanes) is 12. The van der Waals surface area contributed by atoms with E-state index in [0.717, 1.165) is 83.5 Å². The molecule has 0 fully saturated rings. The lowest BCUT2D eigenvalue weighted by Crippen LogP contribution is -1.93. The topological polar surface area (TPSA) is 74.6 Å². The van der Waals surface area contributed by atoms with Crippen molar-refractivity contribution < 1.29 is 19.8 Å². The van der Waals surface area contributed by atoms with Crippen LogP contribution in [0.1, 0.15) is 155 Å². The van der Waals surface area contributed by atoms with Gasteiger partial charge >= 0.3 is 11.9 Å². The summed E-state index contributed by atoms with van der Waals surface area (Å²) >= 11 is 0. The summed E-state index contributed by atoms with van der Waals surface area (Å²) in [4.78, 5) is 21.1. The molecule has 0 aliphatic rings. The summed E-state index contributed by atoms with van der Waals surface area (Å²) in [6.45, 7) is 2.25. The van der Waals surface area contributed by atoms with Gasteiger partial charge in [-0.15, -0.1) is 0 Å². The van der Waals surface area contributed by atoms with Crippen LogP contribution >= 0.6 is 0 Å². The van der Waals surface area contributed by atoms with E-state index in [0.29, 0.717) is 12.8 Å². The molecule has 4 heteroatoms. The molecule has 0 aliphatic carbocycles. The Kier molecular flexibility index (Phi) is 29.3. The summed E-state index contributed by atoms with van der Waals surface area (Å²) in [6.07, 6.45) is 44.5. The first-order valence-corrected chi connectivity index (χ1v) is 16.3. The summed E-state index contributed by atoms with van der Waals surface area (Å²) in [7, 11) is 0. The average molecular weight is 557 g/mol. The fraction of sp³-hybridized carbons (Fsp3) is 0.667. The number of aliphatic carboxylic acids is 2. The van der Waals surface area contributed by atoms with Gasteiger partial charge in [0.15, 0.2) is 0 Å². The number of hydrogen-bond donors (Lipinski definition) is 2. The summed E-state index contributed by atoms with van der Waals surface area (Å²) in [5, 5.41) is 17.4. The SMILES string of the molecule is CCCCC/C=C\C/C=C(/CC/C=C\C/C=C/C/C=C\CCCCCCCC(=O)O)CCCCCCCC(=O)O. The Balaban J connectivity index is 4.10. The second-order valence-corrected chi connectivity index (χ2v) is 10.9. The number of hydrogen-bond acceptors (Lipinski definition) is 2. The number of carbonyl (C=O) groups is 2. The van der Waals surface area contributed by atoms with Crippen molar-refractivity contribution in [1.82, 2.24) is 0 Å². The van der Waals surface area contributed by atoms with E-state index in [2.05, 4.69) is 61.6 Å². The van der Waals surface area contributed by atoms with E-state index in [4.69, 9.17) is 10.2 Å². The zero-order valence-corrected chi connectivity index (χ0v) is 25.7. The first-order valence-electron chi connectivity index (χ1n) is 16.3. The molecule has 228 valence electrons. The monoisotopic (exact) mass is 556 g/mol. The molecule has 0 radical (unpaired) electrons. The van der Waals surface area contributed by atoms with Gasteiger partial charge in [0.2, 0.25) is 0 Å². The predicted molar refractivity (Wildman–Crippen MR) is 172 cm³/mol. The second-order valence-electron chi connectivity index (χ2n) is 10.9. The fourth-order valence-electron chi connectivity index (χ4n) is 4.56. The van der Waals surface area contributed by atoms with Crippen LogP contribution in [0.3, 0.4) is 0 Å². The van der Waals surface area contributed by atoms with Crippen molar-refractivity contribution in [2.75, 3.05) is 0 Å². The molecule has 0 amide bonds. The maximum Gasteiger partial charge on any atom is 0.303 e. The molecule has 40 heavy (non-hydrogen) atoms. The van der Waals surface area contributed by atoms with Crippen LogP contribution in [-0.2, 0) is 9.59 Å². The quantitative estimate of drug-likeness (QED) is 0.0709. The van der Waals surface area contributed by atoms with E-state index in [9.17, 15) is 9.59 Å². The van der Waals surface area contributed by atoms with Crippen LogP contribution in [0.15, 0.2) is 60.3 Å². The van der Waals surface area contributed by atoms with E-state index < -0.39 is 11.9 Å². The summed E-state index contributed by atoms with van der Waals surface area (Å²) in [5.74, 6) is -1.37. The molecule has 0 atom stereocenters. The van der Waals surface area contributed by atoms with Gasteiger partial charge in [0.05, 0.1) is 0 Å². The number of carboxylic acid groups (broad SMARTS) is 2. The van der Waals surface area contributed by atoms with Crippen molar-refractivity contribution in [1.29, 1.82) is 0 Å². The van der Waals surface area contributed by atoms with E-state index in [1.54, 1.807) is 5.57 Å². The van der Waals surface area contributed by atoms with Gasteiger partial charge in [-0.05, 0) is 83.5 Å². The molecular formula is C36H60O4. The molecule has 0 bridgehead atoms. The lowest BCUT2D eigenvalue weighted by atomic mass is 10.00. The molecule has 0 unspecified atom stereocenters. The van der Waals surface area contributed by atoms with Gasteiger partial charge in [0, 0.05) is 12.8 Å². The Labute approximate surface area is 246 Å². The van der Waals surface area contributed by atoms with Crippen LogP contribution in [0.4, 0.5) is 0 Å². The van der Waals surface area contributed by atoms with Crippen LogP contribution in [0.5, 0.6) is 0 Å². The lowest BCUT2D eigenvalue weighted by molar-refractivity contribution is -0.138. The Hall–Kier alpha value is -2.36. The highest BCUT2D eigenvalue weighted by molar-refractivity contribution is 5.66. The molecule has 0 aromatic heterocycles. The maximum atomic E-state index is 10.6. The Morgan fingerprint density at radius 1 is 0.450 bits per heavy atom. The van der Waals surface area contributed by atoms with Crippen molar-refractivity contribution in [2.24, 2.45) is 0 Å². The molecular weight excluding hydrogens is 496 g/mol. The highest BCUT2D eigenvalue weighted by Gasteiger charge is 2.00. The fourth-order valence-corrected chi connectivity index (χ4v) is 4.56. The zero-order valence-electron chi connectivity index (χ0n) is 25.7. The third kappa shape index (κ3) is 31.9. The van der Waals surface area contributed by atoms with E-state index in [1.807, 2.05) is 0 Å². The molecule has 0 aliphatic heterocycles. The van der Waals surface area contributed by atoms with Crippen LogP contribution in [0.2, 0.25) is 0 Å². The molecule has 2 N–H and O–H groups in total. The van der Waals surface area contributed by atoms with Gasteiger partial charge < -0.3 is 10.2 Å². The minimum absolute atomic E-state index is 0.299. The van der Waals surface area contributed by atoms with Crippen molar-refractivity contribution in [3.63, 3.8) is 0 Å². The van der Waals surface area contributed by atoms with Crippen molar-refractivity contribution >= 4 is 11.9 Å². The Morgan fingerprint density at radius 3 is 1.43 bits per heavy atom. The minimum Gasteiger partial charge on any atom is -0.481 e. The van der Waals surface area contributed by atoms with Gasteiger partial charge in [-0.1, -0.05) is 119 Å². The third-order valence-electron chi connectivity index (χ3n) is 7.01. The van der Waals surface area contributed by atoms with Gasteiger partial charge in [-0.2, -0.15) is 0 Å². The van der Waals surface area contributed by atoms with Crippen LogP contribution in [0.25, 0.3) is 0 Å². The maximum absolute atomic E-state index is 10.6. The minimum atomic E-state index is -0.685. The molecule has 0 spiro atoms. The van der Waals surface area contributed by atoms with Gasteiger partial charge in [0.25, 0.3) is 0 Å². The van der Waals surface area contributed by atoms with Crippen molar-refractivity contribution in [3.05, 3.63) is 60.3 Å². The van der Waals surface area contributed by atoms with Crippen molar-refractivity contribution in [2.45, 2.75) is 155 Å². The van der Waals surface area contributed by atoms with Gasteiger partial charge in [0.1, 0.15) is 0 Å². The molecule has 0 rings (SSSR count). The largest absolute Gasteiger partial charge is 0.481 e. The number of allylic oxidation sites excluding steroid dienone is 10. The normalized spacial score (nSPS) is 12.6. The molecule has 4 nitrogen and oxygen atoms in total. The molecule has 0 heterocycles. The first kappa shape index (κ1) is 37.6.